The maximum absolute atomic E-state index is 6.52. The van der Waals surface area contributed by atoms with E-state index in [0.717, 1.165) is 12.3 Å². The second-order valence-electron chi connectivity index (χ2n) is 4.86. The van der Waals surface area contributed by atoms with Crippen molar-refractivity contribution in [3.63, 3.8) is 0 Å². The summed E-state index contributed by atoms with van der Waals surface area (Å²) >= 11 is 8.42. The summed E-state index contributed by atoms with van der Waals surface area (Å²) in [7, 11) is 0. The van der Waals surface area contributed by atoms with Gasteiger partial charge in [-0.05, 0) is 30.9 Å². The Kier molecular flexibility index (Phi) is 4.72. The van der Waals surface area contributed by atoms with E-state index in [1.54, 1.807) is 0 Å². The third-order valence-corrected chi connectivity index (χ3v) is 5.49. The number of hydrogen-bond acceptors (Lipinski definition) is 1. The molecule has 0 bridgehead atoms. The summed E-state index contributed by atoms with van der Waals surface area (Å²) in [6.07, 6.45) is 9.38. The highest BCUT2D eigenvalue weighted by Crippen LogP contribution is 2.37. The van der Waals surface area contributed by atoms with Crippen LogP contribution in [-0.2, 0) is 6.42 Å². The summed E-state index contributed by atoms with van der Waals surface area (Å²) in [6, 6.07) is 4.46. The third-order valence-electron chi connectivity index (χ3n) is 3.60. The molecule has 0 saturated heterocycles. The zero-order chi connectivity index (χ0) is 11.4. The molecule has 1 aliphatic rings. The average Bonchev–Trinajstić information content (AvgIpc) is 2.79. The van der Waals surface area contributed by atoms with Crippen molar-refractivity contribution in [3.05, 3.63) is 21.9 Å². The van der Waals surface area contributed by atoms with Gasteiger partial charge in [0.1, 0.15) is 0 Å². The Morgan fingerprint density at radius 1 is 1.31 bits per heavy atom. The molecular weight excluding hydrogens is 236 g/mol. The van der Waals surface area contributed by atoms with E-state index < -0.39 is 0 Å². The van der Waals surface area contributed by atoms with Crippen molar-refractivity contribution >= 4 is 22.9 Å². The first-order chi connectivity index (χ1) is 7.79. The first-order valence-corrected chi connectivity index (χ1v) is 7.77. The Morgan fingerprint density at radius 3 is 2.69 bits per heavy atom. The van der Waals surface area contributed by atoms with E-state index in [4.69, 9.17) is 11.6 Å². The van der Waals surface area contributed by atoms with Gasteiger partial charge in [0.2, 0.25) is 0 Å². The molecule has 0 N–H and O–H groups in total. The molecular formula is C14H21ClS. The topological polar surface area (TPSA) is 0 Å². The molecule has 1 saturated carbocycles. The van der Waals surface area contributed by atoms with Gasteiger partial charge in [0.25, 0.3) is 0 Å². The standard InChI is InChI=1S/C14H21ClS/c1-2-12-8-9-14(16-12)13(15)10-11-6-4-3-5-7-11/h8-9,11,13H,2-7,10H2,1H3. The molecule has 0 spiro atoms. The lowest BCUT2D eigenvalue weighted by molar-refractivity contribution is 0.337. The van der Waals surface area contributed by atoms with Crippen LogP contribution in [0.2, 0.25) is 0 Å². The van der Waals surface area contributed by atoms with Gasteiger partial charge in [-0.25, -0.2) is 0 Å². The molecule has 2 heteroatoms. The van der Waals surface area contributed by atoms with Gasteiger partial charge < -0.3 is 0 Å². The highest BCUT2D eigenvalue weighted by molar-refractivity contribution is 7.12. The minimum Gasteiger partial charge on any atom is -0.144 e. The van der Waals surface area contributed by atoms with Crippen LogP contribution in [0.15, 0.2) is 12.1 Å². The van der Waals surface area contributed by atoms with Crippen LogP contribution in [-0.4, -0.2) is 0 Å². The number of aryl methyl sites for hydroxylation is 1. The van der Waals surface area contributed by atoms with Crippen LogP contribution >= 0.6 is 22.9 Å². The summed E-state index contributed by atoms with van der Waals surface area (Å²) in [5.41, 5.74) is 0. The SMILES string of the molecule is CCc1ccc(C(Cl)CC2CCCCC2)s1. The molecule has 1 fully saturated rings. The molecule has 1 aliphatic carbocycles. The quantitative estimate of drug-likeness (QED) is 0.619. The Hall–Kier alpha value is -0.0100. The normalized spacial score (nSPS) is 19.9. The smallest absolute Gasteiger partial charge is 0.0681 e. The predicted molar refractivity (Wildman–Crippen MR) is 73.5 cm³/mol. The van der Waals surface area contributed by atoms with Gasteiger partial charge in [-0.3, -0.25) is 0 Å². The summed E-state index contributed by atoms with van der Waals surface area (Å²) in [6.45, 7) is 2.21. The van der Waals surface area contributed by atoms with Crippen LogP contribution < -0.4 is 0 Å². The van der Waals surface area contributed by atoms with Gasteiger partial charge in [-0.15, -0.1) is 22.9 Å². The highest BCUT2D eigenvalue weighted by Gasteiger charge is 2.19. The second-order valence-corrected chi connectivity index (χ2v) is 6.59. The van der Waals surface area contributed by atoms with Crippen molar-refractivity contribution in [1.82, 2.24) is 0 Å². The molecule has 1 aromatic rings. The average molecular weight is 257 g/mol. The van der Waals surface area contributed by atoms with E-state index in [1.807, 2.05) is 11.3 Å². The fraction of sp³-hybridized carbons (Fsp3) is 0.714. The number of hydrogen-bond donors (Lipinski definition) is 0. The lowest BCUT2D eigenvalue weighted by atomic mass is 9.86. The minimum atomic E-state index is 0.258. The molecule has 90 valence electrons. The van der Waals surface area contributed by atoms with Gasteiger partial charge in [0, 0.05) is 9.75 Å². The molecule has 0 amide bonds. The summed E-state index contributed by atoms with van der Waals surface area (Å²) in [5, 5.41) is 0.258. The molecule has 1 heterocycles. The van der Waals surface area contributed by atoms with Crippen molar-refractivity contribution in [2.45, 2.75) is 57.2 Å². The maximum atomic E-state index is 6.52. The number of alkyl halides is 1. The Morgan fingerprint density at radius 2 is 2.06 bits per heavy atom. The van der Waals surface area contributed by atoms with Crippen molar-refractivity contribution in [2.75, 3.05) is 0 Å². The highest BCUT2D eigenvalue weighted by atomic mass is 35.5. The van der Waals surface area contributed by atoms with E-state index >= 15 is 0 Å². The summed E-state index contributed by atoms with van der Waals surface area (Å²) < 4.78 is 0. The maximum Gasteiger partial charge on any atom is 0.0681 e. The summed E-state index contributed by atoms with van der Waals surface area (Å²) in [5.74, 6) is 0.878. The molecule has 0 aromatic carbocycles. The van der Waals surface area contributed by atoms with Crippen LogP contribution in [0.4, 0.5) is 0 Å². The molecule has 0 radical (unpaired) electrons. The van der Waals surface area contributed by atoms with Gasteiger partial charge in [-0.2, -0.15) is 0 Å². The number of thiophene rings is 1. The minimum absolute atomic E-state index is 0.258. The lowest BCUT2D eigenvalue weighted by Crippen LogP contribution is -2.08. The first kappa shape index (κ1) is 12.4. The van der Waals surface area contributed by atoms with E-state index in [2.05, 4.69) is 19.1 Å². The van der Waals surface area contributed by atoms with Crippen LogP contribution in [0.3, 0.4) is 0 Å². The van der Waals surface area contributed by atoms with Gasteiger partial charge in [0.05, 0.1) is 5.38 Å². The zero-order valence-corrected chi connectivity index (χ0v) is 11.6. The fourth-order valence-corrected chi connectivity index (χ4v) is 3.99. The largest absolute Gasteiger partial charge is 0.144 e. The van der Waals surface area contributed by atoms with E-state index in [-0.39, 0.29) is 5.38 Å². The van der Waals surface area contributed by atoms with E-state index in [1.165, 1.54) is 48.3 Å². The number of rotatable bonds is 4. The Labute approximate surface area is 108 Å². The molecule has 1 aromatic heterocycles. The van der Waals surface area contributed by atoms with Crippen LogP contribution in [0.5, 0.6) is 0 Å². The molecule has 1 atom stereocenters. The van der Waals surface area contributed by atoms with Crippen LogP contribution in [0, 0.1) is 5.92 Å². The first-order valence-electron chi connectivity index (χ1n) is 6.52. The Bertz CT molecular complexity index is 312. The van der Waals surface area contributed by atoms with Crippen LogP contribution in [0.25, 0.3) is 0 Å². The molecule has 16 heavy (non-hydrogen) atoms. The van der Waals surface area contributed by atoms with E-state index in [0.29, 0.717) is 0 Å². The van der Waals surface area contributed by atoms with Gasteiger partial charge in [0.15, 0.2) is 0 Å². The number of halogens is 1. The molecule has 1 unspecified atom stereocenters. The zero-order valence-electron chi connectivity index (χ0n) is 10.0. The van der Waals surface area contributed by atoms with Crippen molar-refractivity contribution in [3.8, 4) is 0 Å². The molecule has 0 nitrogen and oxygen atoms in total. The third kappa shape index (κ3) is 3.24. The molecule has 0 aliphatic heterocycles. The van der Waals surface area contributed by atoms with Gasteiger partial charge >= 0.3 is 0 Å². The fourth-order valence-electron chi connectivity index (χ4n) is 2.58. The van der Waals surface area contributed by atoms with Gasteiger partial charge in [-0.1, -0.05) is 39.0 Å². The monoisotopic (exact) mass is 256 g/mol. The van der Waals surface area contributed by atoms with Crippen molar-refractivity contribution in [1.29, 1.82) is 0 Å². The summed E-state index contributed by atoms with van der Waals surface area (Å²) in [4.78, 5) is 2.84. The second kappa shape index (κ2) is 6.07. The Balaban J connectivity index is 1.88. The van der Waals surface area contributed by atoms with Crippen molar-refractivity contribution < 1.29 is 0 Å². The van der Waals surface area contributed by atoms with Crippen molar-refractivity contribution in [2.24, 2.45) is 5.92 Å². The predicted octanol–water partition coefficient (Wildman–Crippen LogP) is 5.56. The van der Waals surface area contributed by atoms with E-state index in [9.17, 15) is 0 Å². The van der Waals surface area contributed by atoms with Crippen LogP contribution in [0.1, 0.15) is 60.6 Å². The lowest BCUT2D eigenvalue weighted by Gasteiger charge is -2.23. The molecule has 2 rings (SSSR count).